The Labute approximate surface area is 64.2 Å². The third-order valence-electron chi connectivity index (χ3n) is 1.55. The molecule has 1 unspecified atom stereocenters. The van der Waals surface area contributed by atoms with Crippen LogP contribution < -0.4 is 0 Å². The Morgan fingerprint density at radius 2 is 2.45 bits per heavy atom. The number of hydrogen-bond donors (Lipinski definition) is 0. The summed E-state index contributed by atoms with van der Waals surface area (Å²) in [5.74, 6) is 0. The molecule has 1 fully saturated rings. The number of epoxide rings is 1. The van der Waals surface area contributed by atoms with Gasteiger partial charge in [0.05, 0.1) is 12.3 Å². The van der Waals surface area contributed by atoms with Crippen molar-refractivity contribution >= 4 is 0 Å². The molecule has 3 nitrogen and oxygen atoms in total. The van der Waals surface area contributed by atoms with Crippen LogP contribution in [0.15, 0.2) is 18.2 Å². The van der Waals surface area contributed by atoms with Crippen LogP contribution in [0.3, 0.4) is 0 Å². The van der Waals surface area contributed by atoms with E-state index in [-0.39, 0.29) is 6.10 Å². The predicted molar refractivity (Wildman–Crippen MR) is 37.6 cm³/mol. The van der Waals surface area contributed by atoms with E-state index < -0.39 is 0 Å². The van der Waals surface area contributed by atoms with Gasteiger partial charge in [-0.1, -0.05) is 6.07 Å². The highest BCUT2D eigenvalue weighted by Gasteiger charge is 2.26. The second-order valence-electron chi connectivity index (χ2n) is 2.38. The lowest BCUT2D eigenvalue weighted by Gasteiger charge is -1.92. The molecule has 0 aliphatic carbocycles. The van der Waals surface area contributed by atoms with Gasteiger partial charge in [-0.15, -0.1) is 0 Å². The quantitative estimate of drug-likeness (QED) is 0.556. The zero-order chi connectivity index (χ0) is 7.68. The summed E-state index contributed by atoms with van der Waals surface area (Å²) in [6, 6.07) is 7.37. The molecule has 3 heteroatoms. The van der Waals surface area contributed by atoms with E-state index in [2.05, 4.69) is 4.98 Å². The minimum absolute atomic E-state index is 0.142. The van der Waals surface area contributed by atoms with Crippen molar-refractivity contribution in [3.05, 3.63) is 29.6 Å². The predicted octanol–water partition coefficient (Wildman–Crippen LogP) is 1.02. The lowest BCUT2D eigenvalue weighted by molar-refractivity contribution is 0.411. The zero-order valence-electron chi connectivity index (χ0n) is 5.82. The van der Waals surface area contributed by atoms with Crippen LogP contribution in [0.4, 0.5) is 0 Å². The van der Waals surface area contributed by atoms with E-state index in [1.807, 2.05) is 18.2 Å². The van der Waals surface area contributed by atoms with E-state index in [9.17, 15) is 0 Å². The van der Waals surface area contributed by atoms with Crippen LogP contribution >= 0.6 is 0 Å². The number of aromatic nitrogens is 1. The van der Waals surface area contributed by atoms with Crippen molar-refractivity contribution in [2.24, 2.45) is 0 Å². The van der Waals surface area contributed by atoms with Gasteiger partial charge in [0.1, 0.15) is 17.9 Å². The second kappa shape index (κ2) is 2.33. The molecule has 0 amide bonds. The number of ether oxygens (including phenoxy) is 1. The summed E-state index contributed by atoms with van der Waals surface area (Å²) in [6.45, 7) is 0.738. The molecule has 1 aliphatic rings. The van der Waals surface area contributed by atoms with Gasteiger partial charge in [-0.05, 0) is 12.1 Å². The van der Waals surface area contributed by atoms with Gasteiger partial charge in [-0.25, -0.2) is 4.98 Å². The summed E-state index contributed by atoms with van der Waals surface area (Å²) in [6.07, 6.45) is 0.142. The molecule has 0 spiro atoms. The fourth-order valence-electron chi connectivity index (χ4n) is 0.912. The maximum absolute atomic E-state index is 8.51. The summed E-state index contributed by atoms with van der Waals surface area (Å²) in [4.78, 5) is 4.07. The monoisotopic (exact) mass is 146 g/mol. The van der Waals surface area contributed by atoms with Crippen LogP contribution in [0.1, 0.15) is 17.5 Å². The van der Waals surface area contributed by atoms with E-state index in [1.54, 1.807) is 6.07 Å². The van der Waals surface area contributed by atoms with Crippen molar-refractivity contribution in [2.75, 3.05) is 6.61 Å². The van der Waals surface area contributed by atoms with Crippen molar-refractivity contribution in [3.8, 4) is 6.07 Å². The van der Waals surface area contributed by atoms with E-state index in [0.29, 0.717) is 5.69 Å². The topological polar surface area (TPSA) is 49.2 Å². The largest absolute Gasteiger partial charge is 0.366 e. The zero-order valence-corrected chi connectivity index (χ0v) is 5.82. The van der Waals surface area contributed by atoms with Crippen LogP contribution in [0, 0.1) is 11.3 Å². The summed E-state index contributed by atoms with van der Waals surface area (Å²) in [7, 11) is 0. The van der Waals surface area contributed by atoms with Crippen LogP contribution in [-0.4, -0.2) is 11.6 Å². The summed E-state index contributed by atoms with van der Waals surface area (Å²) >= 11 is 0. The average Bonchev–Trinajstić information content (AvgIpc) is 2.87. The highest BCUT2D eigenvalue weighted by molar-refractivity contribution is 5.24. The molecule has 0 N–H and O–H groups in total. The molecule has 0 saturated carbocycles. The molecule has 1 atom stereocenters. The van der Waals surface area contributed by atoms with Crippen molar-refractivity contribution < 1.29 is 4.74 Å². The molecule has 0 radical (unpaired) electrons. The molecule has 2 heterocycles. The van der Waals surface area contributed by atoms with Gasteiger partial charge in [0.15, 0.2) is 0 Å². The van der Waals surface area contributed by atoms with Gasteiger partial charge in [-0.2, -0.15) is 5.26 Å². The smallest absolute Gasteiger partial charge is 0.140 e. The molecule has 54 valence electrons. The summed E-state index contributed by atoms with van der Waals surface area (Å²) in [5, 5.41) is 8.51. The Bertz CT molecular complexity index is 312. The number of nitriles is 1. The summed E-state index contributed by atoms with van der Waals surface area (Å²) in [5.41, 5.74) is 1.32. The molecular formula is C8H6N2O. The number of nitrogens with zero attached hydrogens (tertiary/aromatic N) is 2. The first kappa shape index (κ1) is 6.32. The Balaban J connectivity index is 2.35. The summed E-state index contributed by atoms with van der Waals surface area (Å²) < 4.78 is 5.02. The highest BCUT2D eigenvalue weighted by atomic mass is 16.6. The first-order valence-corrected chi connectivity index (χ1v) is 3.39. The Morgan fingerprint density at radius 1 is 1.64 bits per heavy atom. The highest BCUT2D eigenvalue weighted by Crippen LogP contribution is 2.27. The molecule has 1 aromatic rings. The van der Waals surface area contributed by atoms with E-state index in [4.69, 9.17) is 10.00 Å². The van der Waals surface area contributed by atoms with Crippen molar-refractivity contribution in [2.45, 2.75) is 6.10 Å². The number of hydrogen-bond acceptors (Lipinski definition) is 3. The SMILES string of the molecule is N#Cc1cccc(C2CO2)n1. The molecule has 2 rings (SSSR count). The van der Waals surface area contributed by atoms with Crippen LogP contribution in [0.2, 0.25) is 0 Å². The lowest BCUT2D eigenvalue weighted by Crippen LogP contribution is -1.89. The third-order valence-corrected chi connectivity index (χ3v) is 1.55. The molecule has 11 heavy (non-hydrogen) atoms. The van der Waals surface area contributed by atoms with Crippen molar-refractivity contribution in [1.82, 2.24) is 4.98 Å². The fraction of sp³-hybridized carbons (Fsp3) is 0.250. The standard InChI is InChI=1S/C8H6N2O/c9-4-6-2-1-3-7(10-6)8-5-11-8/h1-3,8H,5H2. The lowest BCUT2D eigenvalue weighted by atomic mass is 10.2. The van der Waals surface area contributed by atoms with Crippen LogP contribution in [-0.2, 0) is 4.74 Å². The van der Waals surface area contributed by atoms with Gasteiger partial charge in [0.25, 0.3) is 0 Å². The number of rotatable bonds is 1. The Hall–Kier alpha value is -1.40. The van der Waals surface area contributed by atoms with E-state index in [0.717, 1.165) is 12.3 Å². The minimum atomic E-state index is 0.142. The van der Waals surface area contributed by atoms with Crippen LogP contribution in [0.5, 0.6) is 0 Å². The molecule has 0 bridgehead atoms. The Morgan fingerprint density at radius 3 is 3.09 bits per heavy atom. The van der Waals surface area contributed by atoms with Crippen molar-refractivity contribution in [3.63, 3.8) is 0 Å². The average molecular weight is 146 g/mol. The molecule has 1 aliphatic heterocycles. The fourth-order valence-corrected chi connectivity index (χ4v) is 0.912. The van der Waals surface area contributed by atoms with Gasteiger partial charge < -0.3 is 4.74 Å². The van der Waals surface area contributed by atoms with Gasteiger partial charge in [0.2, 0.25) is 0 Å². The van der Waals surface area contributed by atoms with Gasteiger partial charge in [-0.3, -0.25) is 0 Å². The first-order valence-electron chi connectivity index (χ1n) is 3.39. The van der Waals surface area contributed by atoms with Gasteiger partial charge >= 0.3 is 0 Å². The third kappa shape index (κ3) is 1.21. The van der Waals surface area contributed by atoms with E-state index in [1.165, 1.54) is 0 Å². The normalized spacial score (nSPS) is 20.8. The molecular weight excluding hydrogens is 140 g/mol. The minimum Gasteiger partial charge on any atom is -0.366 e. The second-order valence-corrected chi connectivity index (χ2v) is 2.38. The van der Waals surface area contributed by atoms with Crippen LogP contribution in [0.25, 0.3) is 0 Å². The van der Waals surface area contributed by atoms with Crippen molar-refractivity contribution in [1.29, 1.82) is 5.26 Å². The maximum atomic E-state index is 8.51. The molecule has 1 aromatic heterocycles. The van der Waals surface area contributed by atoms with E-state index >= 15 is 0 Å². The molecule has 1 saturated heterocycles. The Kier molecular flexibility index (Phi) is 1.34. The first-order chi connectivity index (χ1) is 5.40. The maximum Gasteiger partial charge on any atom is 0.140 e. The molecule has 0 aromatic carbocycles. The van der Waals surface area contributed by atoms with Gasteiger partial charge in [0, 0.05) is 0 Å². The number of pyridine rings is 1.